The van der Waals surface area contributed by atoms with Gasteiger partial charge < -0.3 is 14.4 Å². The molecule has 1 saturated heterocycles. The maximum Gasteiger partial charge on any atom is 0.222 e. The Kier molecular flexibility index (Phi) is 7.11. The van der Waals surface area contributed by atoms with Crippen molar-refractivity contribution < 1.29 is 14.3 Å². The second kappa shape index (κ2) is 9.97. The van der Waals surface area contributed by atoms with E-state index in [1.54, 1.807) is 7.11 Å². The zero-order valence-electron chi connectivity index (χ0n) is 16.0. The molecule has 0 aliphatic carbocycles. The van der Waals surface area contributed by atoms with Crippen molar-refractivity contribution in [3.63, 3.8) is 0 Å². The van der Waals surface area contributed by atoms with Gasteiger partial charge >= 0.3 is 0 Å². The topological polar surface area (TPSA) is 42.0 Å². The molecule has 0 atom stereocenters. The Bertz CT molecular complexity index is 713. The lowest BCUT2D eigenvalue weighted by atomic mass is 10.1. The van der Waals surface area contributed by atoms with Crippen LogP contribution in [-0.4, -0.2) is 55.6 Å². The van der Waals surface area contributed by atoms with E-state index in [4.69, 9.17) is 9.47 Å². The van der Waals surface area contributed by atoms with Crippen molar-refractivity contribution in [1.29, 1.82) is 0 Å². The van der Waals surface area contributed by atoms with E-state index >= 15 is 0 Å². The van der Waals surface area contributed by atoms with Crippen LogP contribution in [0, 0.1) is 0 Å². The minimum Gasteiger partial charge on any atom is -0.496 e. The molecule has 1 amide bonds. The first-order valence-corrected chi connectivity index (χ1v) is 9.56. The standard InChI is InChI=1S/C22H28N2O3/c1-26-21-11-6-5-8-19(21)18-23-13-15-24(16-14-23)22(25)12-7-17-27-20-9-3-2-4-10-20/h2-6,8-11H,7,12-18H2,1H3. The summed E-state index contributed by atoms with van der Waals surface area (Å²) in [5.74, 6) is 2.01. The van der Waals surface area contributed by atoms with Crippen LogP contribution in [0.3, 0.4) is 0 Å². The number of ether oxygens (including phenoxy) is 2. The van der Waals surface area contributed by atoms with Crippen LogP contribution in [0.5, 0.6) is 11.5 Å². The zero-order valence-corrected chi connectivity index (χ0v) is 16.0. The summed E-state index contributed by atoms with van der Waals surface area (Å²) in [6.45, 7) is 4.79. The van der Waals surface area contributed by atoms with Crippen LogP contribution in [0.2, 0.25) is 0 Å². The van der Waals surface area contributed by atoms with Crippen molar-refractivity contribution in [1.82, 2.24) is 9.80 Å². The van der Waals surface area contributed by atoms with Gasteiger partial charge in [-0.3, -0.25) is 9.69 Å². The molecule has 144 valence electrons. The summed E-state index contributed by atoms with van der Waals surface area (Å²) in [6, 6.07) is 17.8. The van der Waals surface area contributed by atoms with Crippen molar-refractivity contribution in [3.8, 4) is 11.5 Å². The van der Waals surface area contributed by atoms with Gasteiger partial charge in [-0.2, -0.15) is 0 Å². The summed E-state index contributed by atoms with van der Waals surface area (Å²) in [6.07, 6.45) is 1.29. The normalized spacial score (nSPS) is 14.8. The highest BCUT2D eigenvalue weighted by molar-refractivity contribution is 5.76. The number of methoxy groups -OCH3 is 1. The van der Waals surface area contributed by atoms with Crippen LogP contribution >= 0.6 is 0 Å². The second-order valence-corrected chi connectivity index (χ2v) is 6.73. The molecule has 0 bridgehead atoms. The largest absolute Gasteiger partial charge is 0.496 e. The Balaban J connectivity index is 1.36. The Morgan fingerprint density at radius 2 is 1.67 bits per heavy atom. The van der Waals surface area contributed by atoms with Crippen molar-refractivity contribution in [2.24, 2.45) is 0 Å². The molecule has 3 rings (SSSR count). The number of benzene rings is 2. The van der Waals surface area contributed by atoms with Gasteiger partial charge in [0.15, 0.2) is 0 Å². The summed E-state index contributed by atoms with van der Waals surface area (Å²) in [7, 11) is 1.71. The first kappa shape index (κ1) is 19.2. The van der Waals surface area contributed by atoms with Crippen LogP contribution in [0.1, 0.15) is 18.4 Å². The third-order valence-electron chi connectivity index (χ3n) is 4.86. The highest BCUT2D eigenvalue weighted by Gasteiger charge is 2.21. The third-order valence-corrected chi connectivity index (χ3v) is 4.86. The molecule has 0 saturated carbocycles. The van der Waals surface area contributed by atoms with Crippen molar-refractivity contribution in [3.05, 3.63) is 60.2 Å². The van der Waals surface area contributed by atoms with E-state index in [2.05, 4.69) is 11.0 Å². The minimum atomic E-state index is 0.226. The molecule has 5 heteroatoms. The number of hydrogen-bond acceptors (Lipinski definition) is 4. The number of para-hydroxylation sites is 2. The molecule has 0 spiro atoms. The summed E-state index contributed by atoms with van der Waals surface area (Å²) < 4.78 is 11.1. The predicted molar refractivity (Wildman–Crippen MR) is 106 cm³/mol. The molecule has 1 aliphatic heterocycles. The quantitative estimate of drug-likeness (QED) is 0.671. The number of nitrogens with zero attached hydrogens (tertiary/aromatic N) is 2. The van der Waals surface area contributed by atoms with E-state index in [0.717, 1.165) is 50.6 Å². The molecule has 2 aromatic rings. The average Bonchev–Trinajstić information content (AvgIpc) is 2.73. The molecule has 5 nitrogen and oxygen atoms in total. The molecule has 1 aliphatic rings. The van der Waals surface area contributed by atoms with Gasteiger partial charge in [0.1, 0.15) is 11.5 Å². The number of piperazine rings is 1. The van der Waals surface area contributed by atoms with E-state index in [1.165, 1.54) is 5.56 Å². The highest BCUT2D eigenvalue weighted by atomic mass is 16.5. The Labute approximate surface area is 161 Å². The van der Waals surface area contributed by atoms with Crippen LogP contribution < -0.4 is 9.47 Å². The second-order valence-electron chi connectivity index (χ2n) is 6.73. The highest BCUT2D eigenvalue weighted by Crippen LogP contribution is 2.20. The fourth-order valence-corrected chi connectivity index (χ4v) is 3.32. The first-order chi connectivity index (χ1) is 13.3. The maximum absolute atomic E-state index is 12.4. The molecular formula is C22H28N2O3. The van der Waals surface area contributed by atoms with Crippen LogP contribution in [0.25, 0.3) is 0 Å². The Morgan fingerprint density at radius 3 is 2.41 bits per heavy atom. The van der Waals surface area contributed by atoms with Crippen molar-refractivity contribution in [2.75, 3.05) is 39.9 Å². The maximum atomic E-state index is 12.4. The van der Waals surface area contributed by atoms with Crippen LogP contribution in [0.15, 0.2) is 54.6 Å². The number of carbonyl (C=O) groups is 1. The summed E-state index contributed by atoms with van der Waals surface area (Å²) in [4.78, 5) is 16.8. The Morgan fingerprint density at radius 1 is 0.963 bits per heavy atom. The van der Waals surface area contributed by atoms with Gasteiger partial charge in [-0.05, 0) is 24.6 Å². The lowest BCUT2D eigenvalue weighted by molar-refractivity contribution is -0.133. The zero-order chi connectivity index (χ0) is 18.9. The van der Waals surface area contributed by atoms with Crippen LogP contribution in [-0.2, 0) is 11.3 Å². The van der Waals surface area contributed by atoms with E-state index in [-0.39, 0.29) is 5.91 Å². The van der Waals surface area contributed by atoms with E-state index in [1.807, 2.05) is 53.4 Å². The minimum absolute atomic E-state index is 0.226. The van der Waals surface area contributed by atoms with E-state index < -0.39 is 0 Å². The molecular weight excluding hydrogens is 340 g/mol. The number of rotatable bonds is 8. The molecule has 27 heavy (non-hydrogen) atoms. The van der Waals surface area contributed by atoms with E-state index in [9.17, 15) is 4.79 Å². The predicted octanol–water partition coefficient (Wildman–Crippen LogP) is 3.20. The first-order valence-electron chi connectivity index (χ1n) is 9.56. The molecule has 0 unspecified atom stereocenters. The van der Waals surface area contributed by atoms with Gasteiger partial charge in [-0.15, -0.1) is 0 Å². The average molecular weight is 368 g/mol. The molecule has 0 N–H and O–H groups in total. The summed E-state index contributed by atoms with van der Waals surface area (Å²) in [5, 5.41) is 0. The third kappa shape index (κ3) is 5.73. The van der Waals surface area contributed by atoms with Gasteiger partial charge in [0, 0.05) is 44.7 Å². The summed E-state index contributed by atoms with van der Waals surface area (Å²) in [5.41, 5.74) is 1.19. The smallest absolute Gasteiger partial charge is 0.222 e. The van der Waals surface area contributed by atoms with Gasteiger partial charge in [-0.25, -0.2) is 0 Å². The van der Waals surface area contributed by atoms with Gasteiger partial charge in [-0.1, -0.05) is 36.4 Å². The monoisotopic (exact) mass is 368 g/mol. The van der Waals surface area contributed by atoms with Crippen LogP contribution in [0.4, 0.5) is 0 Å². The molecule has 0 aromatic heterocycles. The van der Waals surface area contributed by atoms with Crippen molar-refractivity contribution in [2.45, 2.75) is 19.4 Å². The van der Waals surface area contributed by atoms with Gasteiger partial charge in [0.25, 0.3) is 0 Å². The number of hydrogen-bond donors (Lipinski definition) is 0. The Hall–Kier alpha value is -2.53. The SMILES string of the molecule is COc1ccccc1CN1CCN(C(=O)CCCOc2ccccc2)CC1. The summed E-state index contributed by atoms with van der Waals surface area (Å²) >= 11 is 0. The lowest BCUT2D eigenvalue weighted by Crippen LogP contribution is -2.48. The fourth-order valence-electron chi connectivity index (χ4n) is 3.32. The fraction of sp³-hybridized carbons (Fsp3) is 0.409. The van der Waals surface area contributed by atoms with Gasteiger partial charge in [0.05, 0.1) is 13.7 Å². The molecule has 1 fully saturated rings. The molecule has 0 radical (unpaired) electrons. The number of amides is 1. The molecule has 1 heterocycles. The number of carbonyl (C=O) groups excluding carboxylic acids is 1. The van der Waals surface area contributed by atoms with E-state index in [0.29, 0.717) is 13.0 Å². The van der Waals surface area contributed by atoms with Gasteiger partial charge in [0.2, 0.25) is 5.91 Å². The van der Waals surface area contributed by atoms with Crippen molar-refractivity contribution >= 4 is 5.91 Å². The lowest BCUT2D eigenvalue weighted by Gasteiger charge is -2.35. The molecule has 2 aromatic carbocycles.